The maximum absolute atomic E-state index is 5.65. The Hall–Kier alpha value is -0.993. The average Bonchev–Trinajstić information content (AvgIpc) is 2.92. The number of aryl methyl sites for hydroxylation is 1. The standard InChI is InChI=1S/C13H22BrN5OSi/c1-11-13(14)9-18(16-11)7-12-8-19(17-15-12)10-20-5-6-21(2,3)4/h8-9H,5-7,10H2,1-4H3. The van der Waals surface area contributed by atoms with E-state index in [0.29, 0.717) is 13.3 Å². The summed E-state index contributed by atoms with van der Waals surface area (Å²) in [4.78, 5) is 0. The van der Waals surface area contributed by atoms with Gasteiger partial charge < -0.3 is 4.74 Å². The van der Waals surface area contributed by atoms with Crippen molar-refractivity contribution in [3.8, 4) is 0 Å². The Morgan fingerprint density at radius 1 is 1.24 bits per heavy atom. The molecule has 0 radical (unpaired) electrons. The zero-order valence-corrected chi connectivity index (χ0v) is 15.6. The summed E-state index contributed by atoms with van der Waals surface area (Å²) in [6, 6.07) is 1.16. The second-order valence-electron chi connectivity index (χ2n) is 6.36. The molecular weight excluding hydrogens is 350 g/mol. The Morgan fingerprint density at radius 3 is 2.62 bits per heavy atom. The van der Waals surface area contributed by atoms with Crippen LogP contribution < -0.4 is 0 Å². The molecular formula is C13H22BrN5OSi. The van der Waals surface area contributed by atoms with Gasteiger partial charge in [0.1, 0.15) is 12.4 Å². The van der Waals surface area contributed by atoms with Crippen LogP contribution in [0.3, 0.4) is 0 Å². The second kappa shape index (κ2) is 6.84. The molecule has 0 aliphatic rings. The SMILES string of the molecule is Cc1nn(Cc2cn(COCC[Si](C)(C)C)nn2)cc1Br. The average molecular weight is 372 g/mol. The highest BCUT2D eigenvalue weighted by Crippen LogP contribution is 2.13. The molecule has 2 heterocycles. The normalized spacial score (nSPS) is 12.0. The lowest BCUT2D eigenvalue weighted by atomic mass is 10.5. The molecule has 0 unspecified atom stereocenters. The summed E-state index contributed by atoms with van der Waals surface area (Å²) in [6.07, 6.45) is 3.85. The Morgan fingerprint density at radius 2 is 2.00 bits per heavy atom. The number of hydrogen-bond acceptors (Lipinski definition) is 4. The van der Waals surface area contributed by atoms with Crippen LogP contribution in [0.2, 0.25) is 25.7 Å². The fraction of sp³-hybridized carbons (Fsp3) is 0.615. The molecule has 0 fully saturated rings. The number of halogens is 1. The van der Waals surface area contributed by atoms with E-state index < -0.39 is 8.07 Å². The minimum absolute atomic E-state index is 0.458. The third-order valence-corrected chi connectivity index (χ3v) is 5.50. The molecule has 0 aromatic carbocycles. The summed E-state index contributed by atoms with van der Waals surface area (Å²) < 4.78 is 10.2. The second-order valence-corrected chi connectivity index (χ2v) is 12.8. The van der Waals surface area contributed by atoms with Crippen LogP contribution in [-0.4, -0.2) is 39.5 Å². The van der Waals surface area contributed by atoms with Gasteiger partial charge in [-0.3, -0.25) is 4.68 Å². The third kappa shape index (κ3) is 5.37. The van der Waals surface area contributed by atoms with Crippen LogP contribution in [0.5, 0.6) is 0 Å². The van der Waals surface area contributed by atoms with Crippen molar-refractivity contribution >= 4 is 24.0 Å². The van der Waals surface area contributed by atoms with E-state index in [9.17, 15) is 0 Å². The van der Waals surface area contributed by atoms with E-state index in [1.54, 1.807) is 4.68 Å². The Kier molecular flexibility index (Phi) is 5.34. The maximum Gasteiger partial charge on any atom is 0.141 e. The highest BCUT2D eigenvalue weighted by atomic mass is 79.9. The van der Waals surface area contributed by atoms with Crippen LogP contribution in [0, 0.1) is 6.92 Å². The van der Waals surface area contributed by atoms with E-state index in [4.69, 9.17) is 4.74 Å². The maximum atomic E-state index is 5.65. The molecule has 0 amide bonds. The fourth-order valence-corrected chi connectivity index (χ4v) is 2.82. The van der Waals surface area contributed by atoms with E-state index in [-0.39, 0.29) is 0 Å². The van der Waals surface area contributed by atoms with Crippen LogP contribution in [-0.2, 0) is 18.0 Å². The van der Waals surface area contributed by atoms with Gasteiger partial charge in [0.15, 0.2) is 0 Å². The van der Waals surface area contributed by atoms with Gasteiger partial charge in [-0.25, -0.2) is 4.68 Å². The van der Waals surface area contributed by atoms with Crippen molar-refractivity contribution in [3.05, 3.63) is 28.3 Å². The van der Waals surface area contributed by atoms with Gasteiger partial charge in [-0.2, -0.15) is 5.10 Å². The summed E-state index contributed by atoms with van der Waals surface area (Å²) in [5.41, 5.74) is 1.84. The van der Waals surface area contributed by atoms with E-state index in [1.165, 1.54) is 0 Å². The number of ether oxygens (including phenoxy) is 1. The minimum atomic E-state index is -1.03. The van der Waals surface area contributed by atoms with Crippen molar-refractivity contribution < 1.29 is 4.74 Å². The highest BCUT2D eigenvalue weighted by Gasteiger charge is 2.12. The molecule has 0 N–H and O–H groups in total. The molecule has 0 aliphatic carbocycles. The van der Waals surface area contributed by atoms with Gasteiger partial charge in [-0.05, 0) is 28.9 Å². The number of nitrogens with zero attached hydrogens (tertiary/aromatic N) is 5. The van der Waals surface area contributed by atoms with E-state index in [1.807, 2.05) is 24.0 Å². The Bertz CT molecular complexity index is 570. The van der Waals surface area contributed by atoms with Gasteiger partial charge >= 0.3 is 0 Å². The first-order valence-corrected chi connectivity index (χ1v) is 11.5. The molecule has 0 atom stereocenters. The molecule has 6 nitrogen and oxygen atoms in total. The zero-order valence-electron chi connectivity index (χ0n) is 13.0. The van der Waals surface area contributed by atoms with Gasteiger partial charge in [0, 0.05) is 20.9 Å². The highest BCUT2D eigenvalue weighted by molar-refractivity contribution is 9.10. The molecule has 21 heavy (non-hydrogen) atoms. The quantitative estimate of drug-likeness (QED) is 0.554. The molecule has 8 heteroatoms. The fourth-order valence-electron chi connectivity index (χ4n) is 1.75. The van der Waals surface area contributed by atoms with Crippen LogP contribution in [0.25, 0.3) is 0 Å². The summed E-state index contributed by atoms with van der Waals surface area (Å²) in [6.45, 7) is 10.8. The van der Waals surface area contributed by atoms with Crippen LogP contribution in [0.4, 0.5) is 0 Å². The molecule has 0 spiro atoms. The topological polar surface area (TPSA) is 57.8 Å². The largest absolute Gasteiger partial charge is 0.359 e. The van der Waals surface area contributed by atoms with E-state index in [2.05, 4.69) is 51.0 Å². The molecule has 2 rings (SSSR count). The van der Waals surface area contributed by atoms with E-state index in [0.717, 1.165) is 28.5 Å². The molecule has 0 bridgehead atoms. The lowest BCUT2D eigenvalue weighted by Crippen LogP contribution is -2.22. The molecule has 2 aromatic rings. The Labute approximate surface area is 134 Å². The van der Waals surface area contributed by atoms with Gasteiger partial charge in [0.25, 0.3) is 0 Å². The molecule has 0 saturated heterocycles. The van der Waals surface area contributed by atoms with Crippen molar-refractivity contribution in [1.29, 1.82) is 0 Å². The van der Waals surface area contributed by atoms with Crippen molar-refractivity contribution in [3.63, 3.8) is 0 Å². The number of rotatable bonds is 7. The van der Waals surface area contributed by atoms with Gasteiger partial charge in [0.2, 0.25) is 0 Å². The molecule has 0 aliphatic heterocycles. The molecule has 116 valence electrons. The van der Waals surface area contributed by atoms with Gasteiger partial charge in [0.05, 0.1) is 22.9 Å². The third-order valence-electron chi connectivity index (χ3n) is 3.02. The summed E-state index contributed by atoms with van der Waals surface area (Å²) in [5, 5.41) is 12.6. The van der Waals surface area contributed by atoms with E-state index >= 15 is 0 Å². The van der Waals surface area contributed by atoms with Crippen molar-refractivity contribution in [1.82, 2.24) is 24.8 Å². The smallest absolute Gasteiger partial charge is 0.141 e. The first kappa shape index (κ1) is 16.4. The molecule has 0 saturated carbocycles. The Balaban J connectivity index is 1.81. The van der Waals surface area contributed by atoms with Crippen LogP contribution in [0.15, 0.2) is 16.9 Å². The predicted octanol–water partition coefficient (Wildman–Crippen LogP) is 2.91. The first-order chi connectivity index (χ1) is 9.83. The van der Waals surface area contributed by atoms with Crippen molar-refractivity contribution in [2.24, 2.45) is 0 Å². The van der Waals surface area contributed by atoms with Gasteiger partial charge in [-0.1, -0.05) is 24.9 Å². The zero-order chi connectivity index (χ0) is 15.5. The molecule has 2 aromatic heterocycles. The monoisotopic (exact) mass is 371 g/mol. The summed E-state index contributed by atoms with van der Waals surface area (Å²) in [7, 11) is -1.03. The summed E-state index contributed by atoms with van der Waals surface area (Å²) >= 11 is 3.45. The summed E-state index contributed by atoms with van der Waals surface area (Å²) in [5.74, 6) is 0. The first-order valence-electron chi connectivity index (χ1n) is 7.00. The van der Waals surface area contributed by atoms with Crippen LogP contribution in [0.1, 0.15) is 11.4 Å². The minimum Gasteiger partial charge on any atom is -0.359 e. The number of hydrogen-bond donors (Lipinski definition) is 0. The lowest BCUT2D eigenvalue weighted by Gasteiger charge is -2.15. The predicted molar refractivity (Wildman–Crippen MR) is 87.9 cm³/mol. The van der Waals surface area contributed by atoms with Crippen molar-refractivity contribution in [2.45, 2.75) is 45.9 Å². The van der Waals surface area contributed by atoms with Crippen molar-refractivity contribution in [2.75, 3.05) is 6.61 Å². The van der Waals surface area contributed by atoms with Gasteiger partial charge in [-0.15, -0.1) is 5.10 Å². The number of aromatic nitrogens is 5. The van der Waals surface area contributed by atoms with Crippen LogP contribution >= 0.6 is 15.9 Å². The lowest BCUT2D eigenvalue weighted by molar-refractivity contribution is 0.0772.